The quantitative estimate of drug-likeness (QED) is 0.806. The largest absolute Gasteiger partial charge is 0.480 e. The van der Waals surface area contributed by atoms with E-state index in [0.717, 1.165) is 42.6 Å². The fourth-order valence-electron chi connectivity index (χ4n) is 4.63. The summed E-state index contributed by atoms with van der Waals surface area (Å²) < 4.78 is 7.32. The highest BCUT2D eigenvalue weighted by Crippen LogP contribution is 2.64. The summed E-state index contributed by atoms with van der Waals surface area (Å²) in [7, 11) is 1.89. The number of aromatic nitrogens is 2. The first-order valence-corrected chi connectivity index (χ1v) is 8.59. The van der Waals surface area contributed by atoms with Gasteiger partial charge < -0.3 is 15.2 Å². The third-order valence-electron chi connectivity index (χ3n) is 6.12. The highest BCUT2D eigenvalue weighted by molar-refractivity contribution is 6.03. The first-order chi connectivity index (χ1) is 11.5. The lowest BCUT2D eigenvalue weighted by molar-refractivity contribution is -0.181. The first-order valence-electron chi connectivity index (χ1n) is 8.59. The van der Waals surface area contributed by atoms with Crippen molar-refractivity contribution in [1.29, 1.82) is 0 Å². The molecule has 1 aromatic heterocycles. The Balaban J connectivity index is 1.46. The highest BCUT2D eigenvalue weighted by atomic mass is 16.5. The Morgan fingerprint density at radius 1 is 1.38 bits per heavy atom. The molecule has 0 atom stereocenters. The Morgan fingerprint density at radius 3 is 2.75 bits per heavy atom. The van der Waals surface area contributed by atoms with Crippen LogP contribution in [0.15, 0.2) is 0 Å². The van der Waals surface area contributed by atoms with Crippen LogP contribution in [0.3, 0.4) is 0 Å². The van der Waals surface area contributed by atoms with Gasteiger partial charge in [0.05, 0.1) is 25.5 Å². The molecule has 0 radical (unpaired) electrons. The molecule has 24 heavy (non-hydrogen) atoms. The van der Waals surface area contributed by atoms with Crippen molar-refractivity contribution in [1.82, 2.24) is 15.1 Å². The molecule has 0 bridgehead atoms. The molecule has 1 amide bonds. The van der Waals surface area contributed by atoms with Gasteiger partial charge in [0.2, 0.25) is 5.91 Å². The fourth-order valence-corrected chi connectivity index (χ4v) is 4.63. The van der Waals surface area contributed by atoms with E-state index in [-0.39, 0.29) is 17.9 Å². The molecule has 2 N–H and O–H groups in total. The predicted octanol–water partition coefficient (Wildman–Crippen LogP) is 1.14. The monoisotopic (exact) mass is 333 g/mol. The molecule has 4 rings (SSSR count). The van der Waals surface area contributed by atoms with Crippen LogP contribution in [0.4, 0.5) is 0 Å². The van der Waals surface area contributed by atoms with E-state index in [1.54, 1.807) is 0 Å². The van der Waals surface area contributed by atoms with Crippen LogP contribution in [0.2, 0.25) is 0 Å². The zero-order chi connectivity index (χ0) is 16.9. The van der Waals surface area contributed by atoms with Crippen molar-refractivity contribution in [2.24, 2.45) is 17.9 Å². The van der Waals surface area contributed by atoms with E-state index < -0.39 is 11.4 Å². The second-order valence-corrected chi connectivity index (χ2v) is 7.58. The second kappa shape index (κ2) is 5.31. The van der Waals surface area contributed by atoms with E-state index in [0.29, 0.717) is 26.1 Å². The molecule has 2 fully saturated rings. The summed E-state index contributed by atoms with van der Waals surface area (Å²) in [5.41, 5.74) is 1.81. The molecule has 2 saturated carbocycles. The van der Waals surface area contributed by atoms with Gasteiger partial charge in [-0.05, 0) is 31.1 Å². The van der Waals surface area contributed by atoms with Crippen LogP contribution in [-0.2, 0) is 40.9 Å². The number of aryl methyl sites for hydroxylation is 1. The fraction of sp³-hybridized carbons (Fsp3) is 0.706. The van der Waals surface area contributed by atoms with Gasteiger partial charge in [-0.2, -0.15) is 5.10 Å². The van der Waals surface area contributed by atoms with Crippen molar-refractivity contribution in [3.63, 3.8) is 0 Å². The number of fused-ring (bicyclic) bond motifs is 1. The SMILES string of the molecule is Cn1nc(CNC(=O)C2(C(=O)O)CC3(CCC3)C2)c2c1CCOC2. The summed E-state index contributed by atoms with van der Waals surface area (Å²) in [6.07, 6.45) is 5.03. The molecular weight excluding hydrogens is 310 g/mol. The Bertz CT molecular complexity index is 697. The summed E-state index contributed by atoms with van der Waals surface area (Å²) in [6.45, 7) is 1.44. The summed E-state index contributed by atoms with van der Waals surface area (Å²) in [6, 6.07) is 0. The number of carboxylic acids is 1. The van der Waals surface area contributed by atoms with Crippen LogP contribution in [0, 0.1) is 10.8 Å². The van der Waals surface area contributed by atoms with Gasteiger partial charge in [0.1, 0.15) is 5.41 Å². The minimum atomic E-state index is -1.24. The molecule has 2 aliphatic carbocycles. The van der Waals surface area contributed by atoms with Gasteiger partial charge in [-0.25, -0.2) is 0 Å². The Kier molecular flexibility index (Phi) is 3.46. The topological polar surface area (TPSA) is 93.5 Å². The van der Waals surface area contributed by atoms with Crippen molar-refractivity contribution in [2.45, 2.75) is 51.7 Å². The molecule has 7 nitrogen and oxygen atoms in total. The number of hydrogen-bond donors (Lipinski definition) is 2. The number of rotatable bonds is 4. The maximum Gasteiger partial charge on any atom is 0.319 e. The smallest absolute Gasteiger partial charge is 0.319 e. The Morgan fingerprint density at radius 2 is 2.12 bits per heavy atom. The van der Waals surface area contributed by atoms with E-state index in [1.807, 2.05) is 11.7 Å². The minimum absolute atomic E-state index is 0.119. The normalized spacial score (nSPS) is 23.0. The number of hydrogen-bond acceptors (Lipinski definition) is 4. The van der Waals surface area contributed by atoms with Gasteiger partial charge >= 0.3 is 5.97 Å². The minimum Gasteiger partial charge on any atom is -0.480 e. The van der Waals surface area contributed by atoms with Crippen LogP contribution < -0.4 is 5.32 Å². The van der Waals surface area contributed by atoms with E-state index in [4.69, 9.17) is 4.74 Å². The summed E-state index contributed by atoms with van der Waals surface area (Å²) >= 11 is 0. The lowest BCUT2D eigenvalue weighted by Crippen LogP contribution is -2.61. The molecule has 0 aromatic carbocycles. The van der Waals surface area contributed by atoms with Crippen LogP contribution in [0.5, 0.6) is 0 Å². The van der Waals surface area contributed by atoms with Crippen molar-refractivity contribution in [3.05, 3.63) is 17.0 Å². The van der Waals surface area contributed by atoms with Crippen LogP contribution >= 0.6 is 0 Å². The molecular formula is C17H23N3O4. The Labute approximate surface area is 140 Å². The number of nitrogens with one attached hydrogen (secondary N) is 1. The molecule has 0 unspecified atom stereocenters. The summed E-state index contributed by atoms with van der Waals surface area (Å²) in [4.78, 5) is 24.3. The number of carbonyl (C=O) groups is 2. The first kappa shape index (κ1) is 15.6. The number of ether oxygens (including phenoxy) is 1. The lowest BCUT2D eigenvalue weighted by Gasteiger charge is -2.58. The van der Waals surface area contributed by atoms with Crippen LogP contribution in [-0.4, -0.2) is 33.4 Å². The summed E-state index contributed by atoms with van der Waals surface area (Å²) in [5, 5.41) is 16.9. The number of carboxylic acid groups (broad SMARTS) is 1. The number of amides is 1. The Hall–Kier alpha value is -1.89. The highest BCUT2D eigenvalue weighted by Gasteiger charge is 2.64. The second-order valence-electron chi connectivity index (χ2n) is 7.58. The molecule has 1 aliphatic heterocycles. The third kappa shape index (κ3) is 2.17. The van der Waals surface area contributed by atoms with Gasteiger partial charge in [-0.15, -0.1) is 0 Å². The van der Waals surface area contributed by atoms with Gasteiger partial charge in [0.15, 0.2) is 0 Å². The van der Waals surface area contributed by atoms with Gasteiger partial charge in [-0.1, -0.05) is 6.42 Å². The van der Waals surface area contributed by atoms with Crippen LogP contribution in [0.1, 0.15) is 49.1 Å². The molecule has 130 valence electrons. The van der Waals surface area contributed by atoms with Crippen molar-refractivity contribution < 1.29 is 19.4 Å². The van der Waals surface area contributed by atoms with E-state index in [2.05, 4.69) is 10.4 Å². The van der Waals surface area contributed by atoms with Crippen molar-refractivity contribution >= 4 is 11.9 Å². The maximum absolute atomic E-state index is 12.6. The average Bonchev–Trinajstić information content (AvgIpc) is 2.79. The molecule has 1 aromatic rings. The predicted molar refractivity (Wildman–Crippen MR) is 84.0 cm³/mol. The third-order valence-corrected chi connectivity index (χ3v) is 6.12. The molecule has 2 heterocycles. The van der Waals surface area contributed by atoms with Gasteiger partial charge in [0.25, 0.3) is 0 Å². The number of aliphatic carboxylic acids is 1. The molecule has 3 aliphatic rings. The van der Waals surface area contributed by atoms with Crippen LogP contribution in [0.25, 0.3) is 0 Å². The van der Waals surface area contributed by atoms with E-state index in [9.17, 15) is 14.7 Å². The zero-order valence-electron chi connectivity index (χ0n) is 13.9. The van der Waals surface area contributed by atoms with E-state index in [1.165, 1.54) is 0 Å². The lowest BCUT2D eigenvalue weighted by atomic mass is 9.45. The summed E-state index contributed by atoms with van der Waals surface area (Å²) in [5.74, 6) is -1.37. The molecule has 1 spiro atoms. The van der Waals surface area contributed by atoms with E-state index >= 15 is 0 Å². The van der Waals surface area contributed by atoms with Gasteiger partial charge in [0, 0.05) is 24.7 Å². The van der Waals surface area contributed by atoms with Crippen molar-refractivity contribution in [3.8, 4) is 0 Å². The zero-order valence-corrected chi connectivity index (χ0v) is 13.9. The number of carbonyl (C=O) groups excluding carboxylic acids is 1. The standard InChI is InChI=1S/C17H23N3O4/c1-20-13-3-6-24-8-11(13)12(19-20)7-18-14(21)17(15(22)23)9-16(10-17)4-2-5-16/h2-10H2,1H3,(H,18,21)(H,22,23). The maximum atomic E-state index is 12.6. The molecule has 7 heteroatoms. The average molecular weight is 333 g/mol. The number of nitrogens with zero attached hydrogens (tertiary/aromatic N) is 2. The molecule has 0 saturated heterocycles. The van der Waals surface area contributed by atoms with Crippen molar-refractivity contribution in [2.75, 3.05) is 6.61 Å². The van der Waals surface area contributed by atoms with Gasteiger partial charge in [-0.3, -0.25) is 14.3 Å².